The van der Waals surface area contributed by atoms with Crippen molar-refractivity contribution in [2.24, 2.45) is 0 Å². The molecular formula is C23H21N5. The topological polar surface area (TPSA) is 59.4 Å². The van der Waals surface area contributed by atoms with Crippen LogP contribution in [-0.4, -0.2) is 24.5 Å². The lowest BCUT2D eigenvalue weighted by atomic mass is 10.1. The summed E-state index contributed by atoms with van der Waals surface area (Å²) in [5.74, 6) is 1.01. The van der Waals surface area contributed by atoms with Crippen LogP contribution in [0.2, 0.25) is 0 Å². The summed E-state index contributed by atoms with van der Waals surface area (Å²) in [6, 6.07) is 16.9. The lowest BCUT2D eigenvalue weighted by Crippen LogP contribution is -2.02. The second-order valence-corrected chi connectivity index (χ2v) is 7.34. The van der Waals surface area contributed by atoms with Crippen molar-refractivity contribution in [3.63, 3.8) is 0 Å². The normalized spacial score (nSPS) is 11.7. The molecule has 5 heteroatoms. The van der Waals surface area contributed by atoms with Crippen molar-refractivity contribution in [2.45, 2.75) is 26.8 Å². The number of pyridine rings is 2. The Kier molecular flexibility index (Phi) is 3.76. The number of H-pyrrole nitrogens is 1. The molecule has 0 fully saturated rings. The van der Waals surface area contributed by atoms with Gasteiger partial charge in [-0.15, -0.1) is 0 Å². The number of imidazole rings is 1. The molecule has 28 heavy (non-hydrogen) atoms. The lowest BCUT2D eigenvalue weighted by Gasteiger charge is -2.11. The number of aryl methyl sites for hydroxylation is 1. The summed E-state index contributed by atoms with van der Waals surface area (Å²) in [6.07, 6.45) is 3.85. The number of nitrogens with one attached hydrogen (secondary N) is 1. The first kappa shape index (κ1) is 16.7. The van der Waals surface area contributed by atoms with Gasteiger partial charge in [-0.25, -0.2) is 9.97 Å². The highest BCUT2D eigenvalue weighted by atomic mass is 15.1. The van der Waals surface area contributed by atoms with Gasteiger partial charge in [-0.1, -0.05) is 30.3 Å². The van der Waals surface area contributed by atoms with Crippen LogP contribution in [0.1, 0.15) is 25.7 Å². The molecule has 0 unspecified atom stereocenters. The quantitative estimate of drug-likeness (QED) is 0.456. The van der Waals surface area contributed by atoms with Crippen molar-refractivity contribution in [1.29, 1.82) is 0 Å². The SMILES string of the molecule is Cc1nc2cnc(-c3c[nH]c4nc(-c5ccccc5)ccc34)cc2n1C(C)C. The van der Waals surface area contributed by atoms with Gasteiger partial charge in [-0.05, 0) is 39.0 Å². The molecular weight excluding hydrogens is 346 g/mol. The van der Waals surface area contributed by atoms with Gasteiger partial charge in [0.15, 0.2) is 0 Å². The maximum absolute atomic E-state index is 4.80. The van der Waals surface area contributed by atoms with Crippen LogP contribution in [0.3, 0.4) is 0 Å². The van der Waals surface area contributed by atoms with Crippen LogP contribution in [0.4, 0.5) is 0 Å². The van der Waals surface area contributed by atoms with Crippen molar-refractivity contribution in [1.82, 2.24) is 24.5 Å². The first-order chi connectivity index (χ1) is 13.6. The Morgan fingerprint density at radius 2 is 1.79 bits per heavy atom. The van der Waals surface area contributed by atoms with E-state index in [1.807, 2.05) is 37.5 Å². The van der Waals surface area contributed by atoms with Gasteiger partial charge in [0.1, 0.15) is 17.0 Å². The molecule has 5 aromatic rings. The van der Waals surface area contributed by atoms with Crippen LogP contribution in [0.5, 0.6) is 0 Å². The predicted molar refractivity (Wildman–Crippen MR) is 113 cm³/mol. The van der Waals surface area contributed by atoms with Gasteiger partial charge in [0.05, 0.1) is 23.1 Å². The lowest BCUT2D eigenvalue weighted by molar-refractivity contribution is 0.600. The van der Waals surface area contributed by atoms with Gasteiger partial charge in [0.25, 0.3) is 0 Å². The van der Waals surface area contributed by atoms with Crippen LogP contribution < -0.4 is 0 Å². The molecule has 0 saturated heterocycles. The standard InChI is InChI=1S/C23H21N5/c1-14(2)28-15(3)26-21-13-24-20(11-22(21)28)18-12-25-23-17(18)9-10-19(27-23)16-7-5-4-6-8-16/h4-14H,1-3H3,(H,25,27). The van der Waals surface area contributed by atoms with Crippen LogP contribution in [0.15, 0.2) is 60.9 Å². The average molecular weight is 367 g/mol. The number of hydrogen-bond donors (Lipinski definition) is 1. The van der Waals surface area contributed by atoms with E-state index in [4.69, 9.17) is 4.98 Å². The smallest absolute Gasteiger partial charge is 0.138 e. The van der Waals surface area contributed by atoms with Gasteiger partial charge < -0.3 is 9.55 Å². The molecule has 0 atom stereocenters. The second-order valence-electron chi connectivity index (χ2n) is 7.34. The van der Waals surface area contributed by atoms with Crippen molar-refractivity contribution in [3.05, 3.63) is 66.7 Å². The van der Waals surface area contributed by atoms with Gasteiger partial charge in [0.2, 0.25) is 0 Å². The number of hydrogen-bond acceptors (Lipinski definition) is 3. The highest BCUT2D eigenvalue weighted by molar-refractivity contribution is 5.95. The molecule has 0 spiro atoms. The van der Waals surface area contributed by atoms with E-state index in [-0.39, 0.29) is 0 Å². The molecule has 1 aromatic carbocycles. The summed E-state index contributed by atoms with van der Waals surface area (Å²) >= 11 is 0. The van der Waals surface area contributed by atoms with Gasteiger partial charge in [-0.3, -0.25) is 4.98 Å². The van der Waals surface area contributed by atoms with Crippen LogP contribution in [-0.2, 0) is 0 Å². The van der Waals surface area contributed by atoms with E-state index in [9.17, 15) is 0 Å². The van der Waals surface area contributed by atoms with Crippen LogP contribution in [0, 0.1) is 6.92 Å². The van der Waals surface area contributed by atoms with E-state index < -0.39 is 0 Å². The molecule has 5 rings (SSSR count). The summed E-state index contributed by atoms with van der Waals surface area (Å²) in [4.78, 5) is 17.4. The first-order valence-electron chi connectivity index (χ1n) is 9.50. The number of benzene rings is 1. The summed E-state index contributed by atoms with van der Waals surface area (Å²) < 4.78 is 2.25. The van der Waals surface area contributed by atoms with E-state index in [1.54, 1.807) is 0 Å². The largest absolute Gasteiger partial charge is 0.345 e. The minimum Gasteiger partial charge on any atom is -0.345 e. The third-order valence-corrected chi connectivity index (χ3v) is 5.15. The number of aromatic nitrogens is 5. The number of rotatable bonds is 3. The molecule has 0 aliphatic heterocycles. The Morgan fingerprint density at radius 3 is 2.57 bits per heavy atom. The Hall–Kier alpha value is -3.47. The van der Waals surface area contributed by atoms with Crippen molar-refractivity contribution in [2.75, 3.05) is 0 Å². The monoisotopic (exact) mass is 367 g/mol. The van der Waals surface area contributed by atoms with Gasteiger partial charge >= 0.3 is 0 Å². The van der Waals surface area contributed by atoms with Crippen molar-refractivity contribution < 1.29 is 0 Å². The molecule has 0 aliphatic carbocycles. The Labute approximate surface area is 163 Å². The molecule has 4 aromatic heterocycles. The zero-order valence-electron chi connectivity index (χ0n) is 16.1. The summed E-state index contributed by atoms with van der Waals surface area (Å²) in [6.45, 7) is 6.39. The zero-order chi connectivity index (χ0) is 19.3. The van der Waals surface area contributed by atoms with Crippen molar-refractivity contribution >= 4 is 22.1 Å². The van der Waals surface area contributed by atoms with Gasteiger partial charge in [-0.2, -0.15) is 0 Å². The molecule has 4 heterocycles. The number of aromatic amines is 1. The fourth-order valence-corrected chi connectivity index (χ4v) is 3.90. The van der Waals surface area contributed by atoms with Gasteiger partial charge in [0, 0.05) is 28.8 Å². The summed E-state index contributed by atoms with van der Waals surface area (Å²) in [7, 11) is 0. The van der Waals surface area contributed by atoms with Crippen molar-refractivity contribution in [3.8, 4) is 22.5 Å². The minimum atomic E-state index is 0.346. The number of fused-ring (bicyclic) bond motifs is 2. The van der Waals surface area contributed by atoms with E-state index in [1.165, 1.54) is 0 Å². The third kappa shape index (κ3) is 2.59. The van der Waals surface area contributed by atoms with E-state index in [2.05, 4.69) is 63.7 Å². The maximum atomic E-state index is 4.80. The molecule has 5 nitrogen and oxygen atoms in total. The molecule has 0 amide bonds. The zero-order valence-corrected chi connectivity index (χ0v) is 16.1. The number of nitrogens with zero attached hydrogens (tertiary/aromatic N) is 4. The molecule has 0 radical (unpaired) electrons. The first-order valence-corrected chi connectivity index (χ1v) is 9.50. The fraction of sp³-hybridized carbons (Fsp3) is 0.174. The van der Waals surface area contributed by atoms with Crippen LogP contribution >= 0.6 is 0 Å². The maximum Gasteiger partial charge on any atom is 0.138 e. The van der Waals surface area contributed by atoms with Crippen LogP contribution in [0.25, 0.3) is 44.6 Å². The Bertz CT molecular complexity index is 1300. The highest BCUT2D eigenvalue weighted by Crippen LogP contribution is 2.31. The third-order valence-electron chi connectivity index (χ3n) is 5.15. The molecule has 0 saturated carbocycles. The van der Waals surface area contributed by atoms with E-state index >= 15 is 0 Å². The molecule has 1 N–H and O–H groups in total. The van der Waals surface area contributed by atoms with E-state index in [0.717, 1.165) is 50.4 Å². The molecule has 138 valence electrons. The minimum absolute atomic E-state index is 0.346. The predicted octanol–water partition coefficient (Wildman–Crippen LogP) is 5.53. The molecule has 0 aliphatic rings. The Morgan fingerprint density at radius 1 is 0.964 bits per heavy atom. The van der Waals surface area contributed by atoms with E-state index in [0.29, 0.717) is 6.04 Å². The average Bonchev–Trinajstić information content (AvgIpc) is 3.27. The Balaban J connectivity index is 1.64. The summed E-state index contributed by atoms with van der Waals surface area (Å²) in [5, 5.41) is 1.07. The summed E-state index contributed by atoms with van der Waals surface area (Å²) in [5.41, 5.74) is 6.95. The second kappa shape index (κ2) is 6.30. The fourth-order valence-electron chi connectivity index (χ4n) is 3.90. The molecule has 0 bridgehead atoms. The highest BCUT2D eigenvalue weighted by Gasteiger charge is 2.14.